The summed E-state index contributed by atoms with van der Waals surface area (Å²) in [6.07, 6.45) is 0.856. The second-order valence-electron chi connectivity index (χ2n) is 4.23. The number of carbonyl (C=O) groups is 2. The van der Waals surface area contributed by atoms with E-state index in [1.165, 1.54) is 0 Å². The minimum Gasteiger partial charge on any atom is -0.497 e. The maximum Gasteiger partial charge on any atom is 0.286 e. The van der Waals surface area contributed by atoms with Crippen molar-refractivity contribution in [3.8, 4) is 11.5 Å². The van der Waals surface area contributed by atoms with Crippen molar-refractivity contribution in [2.75, 3.05) is 38.4 Å². The summed E-state index contributed by atoms with van der Waals surface area (Å²) in [5.74, 6) is 1.74. The predicted octanol–water partition coefficient (Wildman–Crippen LogP) is 1.43. The molecule has 0 saturated carbocycles. The third-order valence-corrected chi connectivity index (χ3v) is 3.41. The molecule has 4 N–H and O–H groups in total. The maximum absolute atomic E-state index is 10.1. The van der Waals surface area contributed by atoms with E-state index in [1.54, 1.807) is 7.11 Å². The molecule has 0 aliphatic carbocycles. The minimum atomic E-state index is -0.231. The van der Waals surface area contributed by atoms with E-state index < -0.39 is 0 Å². The molecule has 8 heteroatoms. The molecule has 1 aromatic carbocycles. The summed E-state index contributed by atoms with van der Waals surface area (Å²) in [5, 5.41) is 4.93. The van der Waals surface area contributed by atoms with Gasteiger partial charge in [0.1, 0.15) is 11.5 Å². The van der Waals surface area contributed by atoms with E-state index in [4.69, 9.17) is 15.2 Å². The second kappa shape index (κ2) is 9.91. The molecule has 1 aliphatic heterocycles. The number of thioether (sulfide) groups is 1. The Morgan fingerprint density at radius 3 is 2.64 bits per heavy atom. The molecule has 122 valence electrons. The van der Waals surface area contributed by atoms with E-state index in [0.717, 1.165) is 35.4 Å². The molecular weight excluding hydrogens is 306 g/mol. The van der Waals surface area contributed by atoms with Crippen molar-refractivity contribution < 1.29 is 19.1 Å². The number of imide groups is 1. The third-order valence-electron chi connectivity index (χ3n) is 2.64. The Kier molecular flexibility index (Phi) is 8.16. The van der Waals surface area contributed by atoms with E-state index in [9.17, 15) is 9.59 Å². The number of nitrogens with one attached hydrogen (secondary N) is 2. The van der Waals surface area contributed by atoms with Gasteiger partial charge < -0.3 is 20.5 Å². The number of rotatable bonds is 6. The highest BCUT2D eigenvalue weighted by atomic mass is 32.2. The number of carbonyl (C=O) groups excluding carboxylic acids is 2. The molecule has 22 heavy (non-hydrogen) atoms. The van der Waals surface area contributed by atoms with Gasteiger partial charge in [0.25, 0.3) is 5.24 Å². The third kappa shape index (κ3) is 6.23. The molecule has 0 spiro atoms. The normalized spacial score (nSPS) is 13.0. The predicted molar refractivity (Wildman–Crippen MR) is 87.7 cm³/mol. The molecule has 0 bridgehead atoms. The van der Waals surface area contributed by atoms with Crippen molar-refractivity contribution in [3.05, 3.63) is 18.2 Å². The number of benzene rings is 1. The van der Waals surface area contributed by atoms with E-state index in [1.807, 2.05) is 25.2 Å². The zero-order valence-corrected chi connectivity index (χ0v) is 13.5. The van der Waals surface area contributed by atoms with Crippen LogP contribution in [0, 0.1) is 0 Å². The smallest absolute Gasteiger partial charge is 0.286 e. The Morgan fingerprint density at radius 2 is 2.18 bits per heavy atom. The monoisotopic (exact) mass is 327 g/mol. The molecule has 1 heterocycles. The minimum absolute atomic E-state index is 0.185. The SMILES string of the molecule is CNc1cc(OC)ccc1OCCCN.O=C1CSC(=O)N1. The van der Waals surface area contributed by atoms with Crippen LogP contribution in [-0.4, -0.2) is 44.2 Å². The van der Waals surface area contributed by atoms with E-state index in [0.29, 0.717) is 18.9 Å². The first-order valence-electron chi connectivity index (χ1n) is 6.76. The van der Waals surface area contributed by atoms with Gasteiger partial charge in [0.05, 0.1) is 25.2 Å². The van der Waals surface area contributed by atoms with Crippen LogP contribution in [0.1, 0.15) is 6.42 Å². The average molecular weight is 327 g/mol. The van der Waals surface area contributed by atoms with Crippen LogP contribution in [0.25, 0.3) is 0 Å². The van der Waals surface area contributed by atoms with Gasteiger partial charge >= 0.3 is 0 Å². The van der Waals surface area contributed by atoms with Gasteiger partial charge in [-0.25, -0.2) is 0 Å². The lowest BCUT2D eigenvalue weighted by molar-refractivity contribution is -0.117. The summed E-state index contributed by atoms with van der Waals surface area (Å²) in [7, 11) is 3.49. The lowest BCUT2D eigenvalue weighted by Crippen LogP contribution is -2.18. The number of anilines is 1. The van der Waals surface area contributed by atoms with Crippen molar-refractivity contribution in [1.82, 2.24) is 5.32 Å². The standard InChI is InChI=1S/C11H18N2O2.C3H3NO2S/c1-13-10-8-9(14-2)4-5-11(10)15-7-3-6-12;5-2-1-7-3(6)4-2/h4-5,8,13H,3,6-7,12H2,1-2H3;1H2,(H,4,5,6). The molecule has 0 radical (unpaired) electrons. The summed E-state index contributed by atoms with van der Waals surface area (Å²) in [6, 6.07) is 5.66. The number of amides is 2. The molecule has 2 rings (SSSR count). The molecule has 1 aromatic rings. The zero-order valence-electron chi connectivity index (χ0n) is 12.7. The fourth-order valence-electron chi connectivity index (χ4n) is 1.54. The van der Waals surface area contributed by atoms with Gasteiger partial charge in [-0.05, 0) is 25.1 Å². The second-order valence-corrected chi connectivity index (χ2v) is 5.18. The highest BCUT2D eigenvalue weighted by Gasteiger charge is 2.16. The Labute approximate surface area is 133 Å². The summed E-state index contributed by atoms with van der Waals surface area (Å²) in [4.78, 5) is 20.2. The first kappa shape index (κ1) is 18.1. The van der Waals surface area contributed by atoms with Crippen molar-refractivity contribution in [1.29, 1.82) is 0 Å². The van der Waals surface area contributed by atoms with Gasteiger partial charge in [-0.3, -0.25) is 14.9 Å². The molecule has 0 aromatic heterocycles. The zero-order chi connectivity index (χ0) is 16.4. The lowest BCUT2D eigenvalue weighted by Gasteiger charge is -2.12. The molecule has 0 atom stereocenters. The van der Waals surface area contributed by atoms with E-state index in [2.05, 4.69) is 10.6 Å². The number of hydrogen-bond acceptors (Lipinski definition) is 7. The number of ether oxygens (including phenoxy) is 2. The topological polar surface area (TPSA) is 103 Å². The van der Waals surface area contributed by atoms with Gasteiger partial charge in [-0.1, -0.05) is 11.8 Å². The molecule has 1 saturated heterocycles. The molecule has 7 nitrogen and oxygen atoms in total. The van der Waals surface area contributed by atoms with Gasteiger partial charge in [-0.15, -0.1) is 0 Å². The first-order chi connectivity index (χ1) is 10.6. The van der Waals surface area contributed by atoms with Gasteiger partial charge in [0, 0.05) is 13.1 Å². The summed E-state index contributed by atoms with van der Waals surface area (Å²) in [5.41, 5.74) is 6.32. The van der Waals surface area contributed by atoms with Crippen molar-refractivity contribution in [2.24, 2.45) is 5.73 Å². The molecule has 1 fully saturated rings. The summed E-state index contributed by atoms with van der Waals surface area (Å²) >= 11 is 1.01. The van der Waals surface area contributed by atoms with Crippen LogP contribution in [0.2, 0.25) is 0 Å². The average Bonchev–Trinajstić information content (AvgIpc) is 2.91. The fraction of sp³-hybridized carbons (Fsp3) is 0.429. The first-order valence-corrected chi connectivity index (χ1v) is 7.74. The Hall–Kier alpha value is -1.93. The van der Waals surface area contributed by atoms with Crippen molar-refractivity contribution in [2.45, 2.75) is 6.42 Å². The lowest BCUT2D eigenvalue weighted by atomic mass is 10.2. The van der Waals surface area contributed by atoms with Crippen LogP contribution >= 0.6 is 11.8 Å². The van der Waals surface area contributed by atoms with Crippen LogP contribution in [0.4, 0.5) is 10.5 Å². The van der Waals surface area contributed by atoms with Crippen molar-refractivity contribution >= 4 is 28.6 Å². The van der Waals surface area contributed by atoms with Crippen LogP contribution in [0.5, 0.6) is 11.5 Å². The van der Waals surface area contributed by atoms with E-state index in [-0.39, 0.29) is 11.1 Å². The van der Waals surface area contributed by atoms with Crippen LogP contribution in [-0.2, 0) is 4.79 Å². The van der Waals surface area contributed by atoms with Gasteiger partial charge in [0.2, 0.25) is 5.91 Å². The number of nitrogens with two attached hydrogens (primary N) is 1. The summed E-state index contributed by atoms with van der Waals surface area (Å²) in [6.45, 7) is 1.28. The summed E-state index contributed by atoms with van der Waals surface area (Å²) < 4.78 is 10.7. The van der Waals surface area contributed by atoms with Gasteiger partial charge in [0.15, 0.2) is 0 Å². The molecule has 2 amide bonds. The Balaban J connectivity index is 0.000000287. The van der Waals surface area contributed by atoms with E-state index >= 15 is 0 Å². The highest BCUT2D eigenvalue weighted by Crippen LogP contribution is 2.28. The van der Waals surface area contributed by atoms with Crippen LogP contribution < -0.4 is 25.8 Å². The van der Waals surface area contributed by atoms with Crippen LogP contribution in [0.3, 0.4) is 0 Å². The maximum atomic E-state index is 10.1. The quantitative estimate of drug-likeness (QED) is 0.679. The molecule has 1 aliphatic rings. The Bertz CT molecular complexity index is 497. The van der Waals surface area contributed by atoms with Crippen molar-refractivity contribution in [3.63, 3.8) is 0 Å². The molecule has 0 unspecified atom stereocenters. The number of methoxy groups -OCH3 is 1. The van der Waals surface area contributed by atoms with Crippen LogP contribution in [0.15, 0.2) is 18.2 Å². The largest absolute Gasteiger partial charge is 0.497 e. The highest BCUT2D eigenvalue weighted by molar-refractivity contribution is 8.14. The molecular formula is C14H21N3O4S. The number of hydrogen-bond donors (Lipinski definition) is 3. The Morgan fingerprint density at radius 1 is 1.41 bits per heavy atom. The van der Waals surface area contributed by atoms with Gasteiger partial charge in [-0.2, -0.15) is 0 Å². The fourth-order valence-corrected chi connectivity index (χ4v) is 2.06.